The van der Waals surface area contributed by atoms with Gasteiger partial charge in [0.1, 0.15) is 17.3 Å². The van der Waals surface area contributed by atoms with E-state index in [1.807, 2.05) is 48.5 Å². The fourth-order valence-electron chi connectivity index (χ4n) is 3.38. The monoisotopic (exact) mass is 447 g/mol. The van der Waals surface area contributed by atoms with Crippen molar-refractivity contribution in [2.45, 2.75) is 6.54 Å². The van der Waals surface area contributed by atoms with Crippen LogP contribution in [0.15, 0.2) is 54.7 Å². The van der Waals surface area contributed by atoms with Crippen molar-refractivity contribution < 1.29 is 18.9 Å². The summed E-state index contributed by atoms with van der Waals surface area (Å²) in [6.45, 7) is 0.522. The standard InChI is InChI=1S/C24H25N5O4/c1-30-17-10-15(11-18(13-17)31-2)14-26-23-19(6-5-9-25-23)24-27-22(28-29-24)16-7-8-20(32-3)21(12-16)33-4/h5-13H,14H2,1-4H3,(H,25,26)(H,27,28,29). The predicted molar refractivity (Wildman–Crippen MR) is 125 cm³/mol. The van der Waals surface area contributed by atoms with Gasteiger partial charge >= 0.3 is 0 Å². The molecular weight excluding hydrogens is 422 g/mol. The first-order chi connectivity index (χ1) is 16.1. The molecule has 0 atom stereocenters. The Morgan fingerprint density at radius 3 is 2.30 bits per heavy atom. The molecule has 0 saturated carbocycles. The smallest absolute Gasteiger partial charge is 0.181 e. The largest absolute Gasteiger partial charge is 0.497 e. The fourth-order valence-corrected chi connectivity index (χ4v) is 3.38. The van der Waals surface area contributed by atoms with Crippen LogP contribution in [0.25, 0.3) is 22.8 Å². The summed E-state index contributed by atoms with van der Waals surface area (Å²) >= 11 is 0. The van der Waals surface area contributed by atoms with E-state index < -0.39 is 0 Å². The Bertz CT molecular complexity index is 1220. The summed E-state index contributed by atoms with van der Waals surface area (Å²) < 4.78 is 21.4. The molecule has 170 valence electrons. The lowest BCUT2D eigenvalue weighted by molar-refractivity contribution is 0.355. The van der Waals surface area contributed by atoms with E-state index in [0.29, 0.717) is 35.5 Å². The second-order valence-corrected chi connectivity index (χ2v) is 7.05. The Labute approximate surface area is 191 Å². The molecule has 0 saturated heterocycles. The molecule has 9 nitrogen and oxygen atoms in total. The van der Waals surface area contributed by atoms with Crippen LogP contribution in [0.5, 0.6) is 23.0 Å². The molecule has 0 fully saturated rings. The van der Waals surface area contributed by atoms with Gasteiger partial charge in [0.25, 0.3) is 0 Å². The van der Waals surface area contributed by atoms with E-state index in [-0.39, 0.29) is 0 Å². The second kappa shape index (κ2) is 9.90. The summed E-state index contributed by atoms with van der Waals surface area (Å²) in [5.74, 6) is 4.51. The number of nitrogens with one attached hydrogen (secondary N) is 2. The van der Waals surface area contributed by atoms with Gasteiger partial charge in [-0.05, 0) is 48.0 Å². The molecular formula is C24H25N5O4. The van der Waals surface area contributed by atoms with Crippen molar-refractivity contribution in [3.05, 3.63) is 60.3 Å². The number of ether oxygens (including phenoxy) is 4. The van der Waals surface area contributed by atoms with Crippen LogP contribution in [0.4, 0.5) is 5.82 Å². The maximum Gasteiger partial charge on any atom is 0.181 e. The van der Waals surface area contributed by atoms with E-state index in [1.54, 1.807) is 34.6 Å². The Morgan fingerprint density at radius 1 is 0.848 bits per heavy atom. The zero-order valence-electron chi connectivity index (χ0n) is 18.9. The maximum absolute atomic E-state index is 5.39. The van der Waals surface area contributed by atoms with Gasteiger partial charge in [0.05, 0.1) is 34.0 Å². The minimum absolute atomic E-state index is 0.522. The van der Waals surface area contributed by atoms with Gasteiger partial charge in [-0.2, -0.15) is 5.10 Å². The Hall–Kier alpha value is -4.27. The van der Waals surface area contributed by atoms with Gasteiger partial charge in [-0.3, -0.25) is 5.10 Å². The van der Waals surface area contributed by atoms with Crippen molar-refractivity contribution in [1.29, 1.82) is 0 Å². The quantitative estimate of drug-likeness (QED) is 0.394. The molecule has 0 aliphatic rings. The summed E-state index contributed by atoms with van der Waals surface area (Å²) in [4.78, 5) is 9.16. The van der Waals surface area contributed by atoms with Crippen LogP contribution in [0.3, 0.4) is 0 Å². The van der Waals surface area contributed by atoms with E-state index in [9.17, 15) is 0 Å². The highest BCUT2D eigenvalue weighted by Crippen LogP contribution is 2.32. The lowest BCUT2D eigenvalue weighted by Crippen LogP contribution is -2.04. The Kier molecular flexibility index (Phi) is 6.58. The molecule has 2 heterocycles. The molecule has 4 rings (SSSR count). The Morgan fingerprint density at radius 2 is 1.61 bits per heavy atom. The molecule has 0 radical (unpaired) electrons. The number of rotatable bonds is 9. The van der Waals surface area contributed by atoms with Gasteiger partial charge in [0.2, 0.25) is 0 Å². The zero-order chi connectivity index (χ0) is 23.2. The minimum Gasteiger partial charge on any atom is -0.497 e. The first-order valence-electron chi connectivity index (χ1n) is 10.2. The lowest BCUT2D eigenvalue weighted by Gasteiger charge is -2.11. The van der Waals surface area contributed by atoms with Crippen LogP contribution in [0, 0.1) is 0 Å². The highest BCUT2D eigenvalue weighted by atomic mass is 16.5. The molecule has 2 aromatic carbocycles. The number of H-pyrrole nitrogens is 1. The van der Waals surface area contributed by atoms with Gasteiger partial charge in [-0.15, -0.1) is 0 Å². The number of aromatic nitrogens is 4. The lowest BCUT2D eigenvalue weighted by atomic mass is 10.2. The number of benzene rings is 2. The fraction of sp³-hybridized carbons (Fsp3) is 0.208. The molecule has 0 aliphatic carbocycles. The van der Waals surface area contributed by atoms with Crippen LogP contribution < -0.4 is 24.3 Å². The molecule has 0 spiro atoms. The minimum atomic E-state index is 0.522. The molecule has 33 heavy (non-hydrogen) atoms. The SMILES string of the molecule is COc1cc(CNc2ncccc2-c2nc(-c3ccc(OC)c(OC)c3)n[nH]2)cc(OC)c1. The highest BCUT2D eigenvalue weighted by Gasteiger charge is 2.14. The molecule has 9 heteroatoms. The molecule has 2 aromatic heterocycles. The van der Waals surface area contributed by atoms with Crippen molar-refractivity contribution in [1.82, 2.24) is 20.2 Å². The third-order valence-corrected chi connectivity index (χ3v) is 5.06. The summed E-state index contributed by atoms with van der Waals surface area (Å²) in [5, 5.41) is 10.8. The third-order valence-electron chi connectivity index (χ3n) is 5.06. The topological polar surface area (TPSA) is 103 Å². The van der Waals surface area contributed by atoms with Crippen molar-refractivity contribution in [2.75, 3.05) is 33.8 Å². The first kappa shape index (κ1) is 21.9. The average Bonchev–Trinajstić information content (AvgIpc) is 3.37. The van der Waals surface area contributed by atoms with Crippen LogP contribution in [-0.4, -0.2) is 48.6 Å². The molecule has 0 aliphatic heterocycles. The number of anilines is 1. The average molecular weight is 447 g/mol. The van der Waals surface area contributed by atoms with E-state index in [4.69, 9.17) is 18.9 Å². The first-order valence-corrected chi connectivity index (χ1v) is 10.2. The zero-order valence-corrected chi connectivity index (χ0v) is 18.9. The van der Waals surface area contributed by atoms with Crippen molar-refractivity contribution in [3.63, 3.8) is 0 Å². The van der Waals surface area contributed by atoms with Crippen LogP contribution >= 0.6 is 0 Å². The van der Waals surface area contributed by atoms with Crippen LogP contribution in [0.1, 0.15) is 5.56 Å². The predicted octanol–water partition coefficient (Wildman–Crippen LogP) is 4.18. The molecule has 0 amide bonds. The van der Waals surface area contributed by atoms with Crippen molar-refractivity contribution >= 4 is 5.82 Å². The third kappa shape index (κ3) is 4.82. The molecule has 2 N–H and O–H groups in total. The van der Waals surface area contributed by atoms with E-state index in [0.717, 1.165) is 28.2 Å². The van der Waals surface area contributed by atoms with E-state index >= 15 is 0 Å². The summed E-state index contributed by atoms with van der Waals surface area (Å²) in [5.41, 5.74) is 2.59. The number of nitrogens with zero attached hydrogens (tertiary/aromatic N) is 3. The second-order valence-electron chi connectivity index (χ2n) is 7.05. The van der Waals surface area contributed by atoms with Gasteiger partial charge in [0.15, 0.2) is 23.1 Å². The molecule has 0 bridgehead atoms. The van der Waals surface area contributed by atoms with Crippen LogP contribution in [0.2, 0.25) is 0 Å². The summed E-state index contributed by atoms with van der Waals surface area (Å²) in [6, 6.07) is 15.1. The van der Waals surface area contributed by atoms with Crippen molar-refractivity contribution in [3.8, 4) is 45.8 Å². The van der Waals surface area contributed by atoms with Gasteiger partial charge < -0.3 is 24.3 Å². The molecule has 4 aromatic rings. The number of methoxy groups -OCH3 is 4. The highest BCUT2D eigenvalue weighted by molar-refractivity contribution is 5.72. The number of aromatic amines is 1. The maximum atomic E-state index is 5.39. The normalized spacial score (nSPS) is 10.5. The molecule has 0 unspecified atom stereocenters. The van der Waals surface area contributed by atoms with Gasteiger partial charge in [0, 0.05) is 24.4 Å². The summed E-state index contributed by atoms with van der Waals surface area (Å²) in [7, 11) is 6.45. The van der Waals surface area contributed by atoms with E-state index in [2.05, 4.69) is 25.5 Å². The van der Waals surface area contributed by atoms with E-state index in [1.165, 1.54) is 0 Å². The number of hydrogen-bond acceptors (Lipinski definition) is 8. The number of pyridine rings is 1. The van der Waals surface area contributed by atoms with Crippen molar-refractivity contribution in [2.24, 2.45) is 0 Å². The van der Waals surface area contributed by atoms with Gasteiger partial charge in [-0.25, -0.2) is 9.97 Å². The van der Waals surface area contributed by atoms with Gasteiger partial charge in [-0.1, -0.05) is 0 Å². The number of hydrogen-bond donors (Lipinski definition) is 2. The summed E-state index contributed by atoms with van der Waals surface area (Å²) in [6.07, 6.45) is 1.73. The van der Waals surface area contributed by atoms with Crippen LogP contribution in [-0.2, 0) is 6.54 Å². The Balaban J connectivity index is 1.58.